The lowest BCUT2D eigenvalue weighted by atomic mass is 9.90. The number of benzene rings is 1. The van der Waals surface area contributed by atoms with Crippen LogP contribution in [-0.2, 0) is 5.41 Å². The lowest BCUT2D eigenvalue weighted by Crippen LogP contribution is -2.31. The third-order valence-electron chi connectivity index (χ3n) is 3.83. The maximum atomic E-state index is 6.08. The van der Waals surface area contributed by atoms with Crippen molar-refractivity contribution in [2.75, 3.05) is 0 Å². The molecule has 0 amide bonds. The zero-order valence-electron chi connectivity index (χ0n) is 9.48. The predicted octanol–water partition coefficient (Wildman–Crippen LogP) is 2.61. The Bertz CT molecular complexity index is 527. The summed E-state index contributed by atoms with van der Waals surface area (Å²) in [5.74, 6) is 0. The Labute approximate surface area is 95.5 Å². The summed E-state index contributed by atoms with van der Waals surface area (Å²) in [6.07, 6.45) is 4.40. The van der Waals surface area contributed by atoms with Crippen LogP contribution in [0.3, 0.4) is 0 Å². The first kappa shape index (κ1) is 9.79. The van der Waals surface area contributed by atoms with Crippen LogP contribution in [0.1, 0.15) is 25.3 Å². The highest BCUT2D eigenvalue weighted by Crippen LogP contribution is 2.50. The number of para-hydroxylation sites is 1. The Balaban J connectivity index is 2.12. The second kappa shape index (κ2) is 3.29. The lowest BCUT2D eigenvalue weighted by molar-refractivity contribution is 0.555. The van der Waals surface area contributed by atoms with Crippen molar-refractivity contribution < 1.29 is 0 Å². The number of rotatable bonds is 2. The Morgan fingerprint density at radius 3 is 2.75 bits per heavy atom. The SMILES string of the molecule is CC(N)C1(c2cnc3ccccc3c2)CC1. The molecule has 1 aromatic heterocycles. The number of aromatic nitrogens is 1. The van der Waals surface area contributed by atoms with Crippen LogP contribution >= 0.6 is 0 Å². The quantitative estimate of drug-likeness (QED) is 0.831. The zero-order valence-corrected chi connectivity index (χ0v) is 9.48. The van der Waals surface area contributed by atoms with Crippen molar-refractivity contribution in [2.45, 2.75) is 31.2 Å². The zero-order chi connectivity index (χ0) is 11.2. The Morgan fingerprint density at radius 2 is 2.06 bits per heavy atom. The molecule has 1 aliphatic rings. The molecule has 2 N–H and O–H groups in total. The van der Waals surface area contributed by atoms with E-state index in [1.807, 2.05) is 18.3 Å². The Morgan fingerprint density at radius 1 is 1.31 bits per heavy atom. The van der Waals surface area contributed by atoms with Gasteiger partial charge in [-0.3, -0.25) is 4.98 Å². The predicted molar refractivity (Wildman–Crippen MR) is 66.3 cm³/mol. The van der Waals surface area contributed by atoms with Gasteiger partial charge in [-0.25, -0.2) is 0 Å². The second-order valence-electron chi connectivity index (χ2n) is 4.86. The minimum Gasteiger partial charge on any atom is -0.327 e. The minimum absolute atomic E-state index is 0.205. The fourth-order valence-corrected chi connectivity index (χ4v) is 2.48. The molecule has 1 unspecified atom stereocenters. The van der Waals surface area contributed by atoms with Crippen LogP contribution in [-0.4, -0.2) is 11.0 Å². The van der Waals surface area contributed by atoms with Crippen LogP contribution in [0.2, 0.25) is 0 Å². The topological polar surface area (TPSA) is 38.9 Å². The van der Waals surface area contributed by atoms with Gasteiger partial charge >= 0.3 is 0 Å². The molecule has 2 aromatic rings. The van der Waals surface area contributed by atoms with Crippen LogP contribution in [0.15, 0.2) is 36.5 Å². The van der Waals surface area contributed by atoms with Crippen molar-refractivity contribution in [1.29, 1.82) is 0 Å². The van der Waals surface area contributed by atoms with E-state index in [1.165, 1.54) is 23.8 Å². The van der Waals surface area contributed by atoms with E-state index in [4.69, 9.17) is 5.73 Å². The summed E-state index contributed by atoms with van der Waals surface area (Å²) in [7, 11) is 0. The molecular weight excluding hydrogens is 196 g/mol. The van der Waals surface area contributed by atoms with Crippen molar-refractivity contribution in [3.8, 4) is 0 Å². The van der Waals surface area contributed by atoms with Gasteiger partial charge in [-0.1, -0.05) is 18.2 Å². The lowest BCUT2D eigenvalue weighted by Gasteiger charge is -2.19. The number of fused-ring (bicyclic) bond motifs is 1. The summed E-state index contributed by atoms with van der Waals surface area (Å²) in [6, 6.07) is 10.7. The van der Waals surface area contributed by atoms with Gasteiger partial charge < -0.3 is 5.73 Å². The number of nitrogens with two attached hydrogens (primary N) is 1. The van der Waals surface area contributed by atoms with Crippen LogP contribution in [0.5, 0.6) is 0 Å². The van der Waals surface area contributed by atoms with Crippen LogP contribution in [0.4, 0.5) is 0 Å². The molecule has 1 fully saturated rings. The molecule has 1 aromatic carbocycles. The summed E-state index contributed by atoms with van der Waals surface area (Å²) >= 11 is 0. The molecule has 82 valence electrons. The first-order chi connectivity index (χ1) is 7.72. The molecule has 0 radical (unpaired) electrons. The second-order valence-corrected chi connectivity index (χ2v) is 4.86. The van der Waals surface area contributed by atoms with E-state index in [9.17, 15) is 0 Å². The van der Waals surface area contributed by atoms with E-state index in [0.717, 1.165) is 5.52 Å². The van der Waals surface area contributed by atoms with Gasteiger partial charge in [0.05, 0.1) is 5.52 Å². The summed E-state index contributed by atoms with van der Waals surface area (Å²) in [6.45, 7) is 2.10. The average molecular weight is 212 g/mol. The molecule has 1 atom stereocenters. The van der Waals surface area contributed by atoms with Crippen LogP contribution in [0, 0.1) is 0 Å². The van der Waals surface area contributed by atoms with Crippen molar-refractivity contribution in [3.05, 3.63) is 42.1 Å². The maximum absolute atomic E-state index is 6.08. The fourth-order valence-electron chi connectivity index (χ4n) is 2.48. The molecule has 0 aliphatic heterocycles. The standard InChI is InChI=1S/C14H16N2/c1-10(15)14(6-7-14)12-8-11-4-2-3-5-13(11)16-9-12/h2-5,8-10H,6-7,15H2,1H3. The third-order valence-corrected chi connectivity index (χ3v) is 3.83. The summed E-state index contributed by atoms with van der Waals surface area (Å²) in [5.41, 5.74) is 8.65. The molecule has 1 saturated carbocycles. The maximum Gasteiger partial charge on any atom is 0.0702 e. The summed E-state index contributed by atoms with van der Waals surface area (Å²) in [5, 5.41) is 1.21. The number of hydrogen-bond acceptors (Lipinski definition) is 2. The molecule has 0 bridgehead atoms. The van der Waals surface area contributed by atoms with Gasteiger partial charge in [0.15, 0.2) is 0 Å². The van der Waals surface area contributed by atoms with E-state index in [-0.39, 0.29) is 11.5 Å². The van der Waals surface area contributed by atoms with Gasteiger partial charge in [-0.2, -0.15) is 0 Å². The van der Waals surface area contributed by atoms with E-state index in [0.29, 0.717) is 0 Å². The van der Waals surface area contributed by atoms with Crippen molar-refractivity contribution in [1.82, 2.24) is 4.98 Å². The average Bonchev–Trinajstić information content (AvgIpc) is 3.09. The van der Waals surface area contributed by atoms with Gasteiger partial charge in [0.1, 0.15) is 0 Å². The van der Waals surface area contributed by atoms with Crippen molar-refractivity contribution >= 4 is 10.9 Å². The van der Waals surface area contributed by atoms with Gasteiger partial charge in [-0.05, 0) is 37.5 Å². The first-order valence-corrected chi connectivity index (χ1v) is 5.83. The van der Waals surface area contributed by atoms with E-state index < -0.39 is 0 Å². The van der Waals surface area contributed by atoms with Crippen molar-refractivity contribution in [3.63, 3.8) is 0 Å². The molecule has 0 saturated heterocycles. The molecule has 3 rings (SSSR count). The molecule has 2 nitrogen and oxygen atoms in total. The van der Waals surface area contributed by atoms with Gasteiger partial charge in [0.2, 0.25) is 0 Å². The smallest absolute Gasteiger partial charge is 0.0702 e. The van der Waals surface area contributed by atoms with Crippen molar-refractivity contribution in [2.24, 2.45) is 5.73 Å². The Hall–Kier alpha value is -1.41. The normalized spacial score (nSPS) is 19.6. The molecule has 0 spiro atoms. The number of hydrogen-bond donors (Lipinski definition) is 1. The summed E-state index contributed by atoms with van der Waals surface area (Å²) < 4.78 is 0. The highest BCUT2D eigenvalue weighted by molar-refractivity contribution is 5.79. The van der Waals surface area contributed by atoms with E-state index in [2.05, 4.69) is 30.1 Å². The molecule has 2 heteroatoms. The first-order valence-electron chi connectivity index (χ1n) is 5.83. The monoisotopic (exact) mass is 212 g/mol. The highest BCUT2D eigenvalue weighted by atomic mass is 14.7. The van der Waals surface area contributed by atoms with Gasteiger partial charge in [0.25, 0.3) is 0 Å². The minimum atomic E-state index is 0.205. The van der Waals surface area contributed by atoms with E-state index in [1.54, 1.807) is 0 Å². The Kier molecular flexibility index (Phi) is 2.01. The molecule has 16 heavy (non-hydrogen) atoms. The highest BCUT2D eigenvalue weighted by Gasteiger charge is 2.47. The van der Waals surface area contributed by atoms with Gasteiger partial charge in [-0.15, -0.1) is 0 Å². The molecular formula is C14H16N2. The van der Waals surface area contributed by atoms with Crippen LogP contribution < -0.4 is 5.73 Å². The molecule has 1 aliphatic carbocycles. The number of nitrogens with zero attached hydrogens (tertiary/aromatic N) is 1. The third kappa shape index (κ3) is 1.34. The largest absolute Gasteiger partial charge is 0.327 e. The van der Waals surface area contributed by atoms with E-state index >= 15 is 0 Å². The van der Waals surface area contributed by atoms with Gasteiger partial charge in [0, 0.05) is 23.0 Å². The molecule has 1 heterocycles. The fraction of sp³-hybridized carbons (Fsp3) is 0.357. The summed E-state index contributed by atoms with van der Waals surface area (Å²) in [4.78, 5) is 4.51. The number of pyridine rings is 1. The van der Waals surface area contributed by atoms with Crippen LogP contribution in [0.25, 0.3) is 10.9 Å².